The van der Waals surface area contributed by atoms with Crippen molar-refractivity contribution in [3.05, 3.63) is 22.7 Å². The van der Waals surface area contributed by atoms with Gasteiger partial charge >= 0.3 is 0 Å². The SMILES string of the molecule is COc1cc(N2CC3CCCN3CC2C(C)C)ccc1Br. The Bertz CT molecular complexity index is 506. The van der Waals surface area contributed by atoms with Gasteiger partial charge in [-0.25, -0.2) is 0 Å². The molecule has 0 aromatic heterocycles. The summed E-state index contributed by atoms with van der Waals surface area (Å²) >= 11 is 3.55. The number of hydrogen-bond donors (Lipinski definition) is 0. The van der Waals surface area contributed by atoms with Crippen molar-refractivity contribution in [2.45, 2.75) is 38.8 Å². The summed E-state index contributed by atoms with van der Waals surface area (Å²) in [5.74, 6) is 1.57. The zero-order valence-electron chi connectivity index (χ0n) is 13.2. The van der Waals surface area contributed by atoms with Gasteiger partial charge in [0.25, 0.3) is 0 Å². The first-order valence-electron chi connectivity index (χ1n) is 7.94. The molecule has 4 heteroatoms. The molecule has 1 aromatic rings. The van der Waals surface area contributed by atoms with Crippen LogP contribution in [0.2, 0.25) is 0 Å². The number of fused-ring (bicyclic) bond motifs is 1. The van der Waals surface area contributed by atoms with Gasteiger partial charge < -0.3 is 9.64 Å². The molecule has 3 rings (SSSR count). The van der Waals surface area contributed by atoms with E-state index in [-0.39, 0.29) is 0 Å². The molecule has 0 saturated carbocycles. The highest BCUT2D eigenvalue weighted by Gasteiger charge is 2.37. The maximum absolute atomic E-state index is 5.47. The highest BCUT2D eigenvalue weighted by Crippen LogP contribution is 2.35. The predicted molar refractivity (Wildman–Crippen MR) is 91.3 cm³/mol. The van der Waals surface area contributed by atoms with Crippen LogP contribution in [0.25, 0.3) is 0 Å². The molecular weight excluding hydrogens is 328 g/mol. The Labute approximate surface area is 136 Å². The first kappa shape index (κ1) is 15.2. The smallest absolute Gasteiger partial charge is 0.135 e. The minimum absolute atomic E-state index is 0.588. The zero-order chi connectivity index (χ0) is 15.0. The molecule has 21 heavy (non-hydrogen) atoms. The van der Waals surface area contributed by atoms with E-state index in [1.807, 2.05) is 0 Å². The lowest BCUT2D eigenvalue weighted by Gasteiger charge is -2.47. The Morgan fingerprint density at radius 3 is 2.81 bits per heavy atom. The molecular formula is C17H25BrN2O. The van der Waals surface area contributed by atoms with Gasteiger partial charge in [-0.1, -0.05) is 13.8 Å². The van der Waals surface area contributed by atoms with Crippen LogP contribution in [-0.4, -0.2) is 43.7 Å². The van der Waals surface area contributed by atoms with Crippen LogP contribution >= 0.6 is 15.9 Å². The van der Waals surface area contributed by atoms with Crippen molar-refractivity contribution in [3.63, 3.8) is 0 Å². The number of hydrogen-bond acceptors (Lipinski definition) is 3. The highest BCUT2D eigenvalue weighted by molar-refractivity contribution is 9.10. The summed E-state index contributed by atoms with van der Waals surface area (Å²) in [6.07, 6.45) is 2.70. The van der Waals surface area contributed by atoms with E-state index < -0.39 is 0 Å². The molecule has 2 aliphatic heterocycles. The summed E-state index contributed by atoms with van der Waals surface area (Å²) in [6, 6.07) is 7.81. The number of methoxy groups -OCH3 is 1. The van der Waals surface area contributed by atoms with Crippen molar-refractivity contribution in [1.82, 2.24) is 4.90 Å². The number of anilines is 1. The van der Waals surface area contributed by atoms with Gasteiger partial charge in [-0.15, -0.1) is 0 Å². The fourth-order valence-corrected chi connectivity index (χ4v) is 4.15. The number of rotatable bonds is 3. The average Bonchev–Trinajstić information content (AvgIpc) is 2.93. The third-order valence-electron chi connectivity index (χ3n) is 4.96. The molecule has 2 unspecified atom stereocenters. The van der Waals surface area contributed by atoms with Crippen molar-refractivity contribution >= 4 is 21.6 Å². The normalized spacial score (nSPS) is 26.2. The van der Waals surface area contributed by atoms with E-state index in [1.54, 1.807) is 7.11 Å². The van der Waals surface area contributed by atoms with E-state index in [1.165, 1.54) is 31.6 Å². The first-order valence-corrected chi connectivity index (χ1v) is 8.73. The molecule has 116 valence electrons. The largest absolute Gasteiger partial charge is 0.495 e. The lowest BCUT2D eigenvalue weighted by atomic mass is 9.96. The summed E-state index contributed by atoms with van der Waals surface area (Å²) in [6.45, 7) is 8.30. The van der Waals surface area contributed by atoms with Crippen LogP contribution in [0.5, 0.6) is 5.75 Å². The van der Waals surface area contributed by atoms with Crippen LogP contribution in [-0.2, 0) is 0 Å². The molecule has 0 aliphatic carbocycles. The predicted octanol–water partition coefficient (Wildman–Crippen LogP) is 3.77. The summed E-state index contributed by atoms with van der Waals surface area (Å²) in [4.78, 5) is 5.30. The van der Waals surface area contributed by atoms with Gasteiger partial charge in [0.1, 0.15) is 5.75 Å². The molecule has 2 atom stereocenters. The number of ether oxygens (including phenoxy) is 1. The Balaban J connectivity index is 1.90. The van der Waals surface area contributed by atoms with Crippen LogP contribution in [0.15, 0.2) is 22.7 Å². The van der Waals surface area contributed by atoms with Crippen molar-refractivity contribution < 1.29 is 4.74 Å². The number of nitrogens with zero attached hydrogens (tertiary/aromatic N) is 2. The van der Waals surface area contributed by atoms with Gasteiger partial charge in [0, 0.05) is 36.9 Å². The second kappa shape index (κ2) is 6.17. The summed E-state index contributed by atoms with van der Waals surface area (Å²) < 4.78 is 6.50. The zero-order valence-corrected chi connectivity index (χ0v) is 14.8. The maximum Gasteiger partial charge on any atom is 0.135 e. The monoisotopic (exact) mass is 352 g/mol. The summed E-state index contributed by atoms with van der Waals surface area (Å²) in [5, 5.41) is 0. The Morgan fingerprint density at radius 2 is 2.10 bits per heavy atom. The van der Waals surface area contributed by atoms with Crippen LogP contribution in [0.1, 0.15) is 26.7 Å². The van der Waals surface area contributed by atoms with Crippen molar-refractivity contribution in [2.75, 3.05) is 31.6 Å². The Morgan fingerprint density at radius 1 is 1.29 bits per heavy atom. The van der Waals surface area contributed by atoms with Crippen molar-refractivity contribution in [3.8, 4) is 5.75 Å². The van der Waals surface area contributed by atoms with Gasteiger partial charge in [0.15, 0.2) is 0 Å². The minimum Gasteiger partial charge on any atom is -0.495 e. The van der Waals surface area contributed by atoms with Gasteiger partial charge in [-0.2, -0.15) is 0 Å². The lowest BCUT2D eigenvalue weighted by molar-refractivity contribution is 0.176. The molecule has 2 heterocycles. The van der Waals surface area contributed by atoms with Gasteiger partial charge in [0.05, 0.1) is 11.6 Å². The standard InChI is InChI=1S/C17H25BrN2O/c1-12(2)16-11-19-8-4-5-14(19)10-20(16)13-6-7-15(18)17(9-13)21-3/h6-7,9,12,14,16H,4-5,8,10-11H2,1-3H3. The van der Waals surface area contributed by atoms with Crippen LogP contribution in [0.4, 0.5) is 5.69 Å². The van der Waals surface area contributed by atoms with Crippen molar-refractivity contribution in [1.29, 1.82) is 0 Å². The summed E-state index contributed by atoms with van der Waals surface area (Å²) in [7, 11) is 1.73. The third kappa shape index (κ3) is 2.93. The van der Waals surface area contributed by atoms with Crippen LogP contribution in [0.3, 0.4) is 0 Å². The van der Waals surface area contributed by atoms with Gasteiger partial charge in [0.2, 0.25) is 0 Å². The van der Waals surface area contributed by atoms with E-state index in [0.717, 1.165) is 22.8 Å². The van der Waals surface area contributed by atoms with E-state index in [0.29, 0.717) is 12.0 Å². The van der Waals surface area contributed by atoms with Gasteiger partial charge in [-0.3, -0.25) is 4.90 Å². The molecule has 0 radical (unpaired) electrons. The van der Waals surface area contributed by atoms with E-state index in [2.05, 4.69) is 57.8 Å². The Hall–Kier alpha value is -0.740. The summed E-state index contributed by atoms with van der Waals surface area (Å²) in [5.41, 5.74) is 1.29. The second-order valence-electron chi connectivity index (χ2n) is 6.57. The van der Waals surface area contributed by atoms with Crippen LogP contribution < -0.4 is 9.64 Å². The average molecular weight is 353 g/mol. The second-order valence-corrected chi connectivity index (χ2v) is 7.43. The molecule has 0 N–H and O–H groups in total. The van der Waals surface area contributed by atoms with Crippen LogP contribution in [0, 0.1) is 5.92 Å². The molecule has 0 spiro atoms. The third-order valence-corrected chi connectivity index (χ3v) is 5.62. The minimum atomic E-state index is 0.588. The lowest BCUT2D eigenvalue weighted by Crippen LogP contribution is -2.58. The quantitative estimate of drug-likeness (QED) is 0.823. The van der Waals surface area contributed by atoms with E-state index in [4.69, 9.17) is 4.74 Å². The number of halogens is 1. The molecule has 1 aromatic carbocycles. The first-order chi connectivity index (χ1) is 10.1. The molecule has 3 nitrogen and oxygen atoms in total. The molecule has 0 bridgehead atoms. The highest BCUT2D eigenvalue weighted by atomic mass is 79.9. The Kier molecular flexibility index (Phi) is 4.46. The van der Waals surface area contributed by atoms with E-state index >= 15 is 0 Å². The molecule has 2 aliphatic rings. The fourth-order valence-electron chi connectivity index (χ4n) is 3.74. The molecule has 2 saturated heterocycles. The molecule has 2 fully saturated rings. The topological polar surface area (TPSA) is 15.7 Å². The number of piperazine rings is 1. The van der Waals surface area contributed by atoms with Gasteiger partial charge in [-0.05, 0) is 53.4 Å². The van der Waals surface area contributed by atoms with Crippen molar-refractivity contribution in [2.24, 2.45) is 5.92 Å². The number of benzene rings is 1. The maximum atomic E-state index is 5.47. The van der Waals surface area contributed by atoms with E-state index in [9.17, 15) is 0 Å². The fraction of sp³-hybridized carbons (Fsp3) is 0.647. The molecule has 0 amide bonds.